The number of aliphatic imine (C=N–C) groups is 2. The van der Waals surface area contributed by atoms with Gasteiger partial charge in [0, 0.05) is 31.0 Å². The Labute approximate surface area is 187 Å². The minimum atomic E-state index is 0.121. The van der Waals surface area contributed by atoms with Crippen LogP contribution >= 0.6 is 26.6 Å². The van der Waals surface area contributed by atoms with E-state index in [-0.39, 0.29) is 10.7 Å². The first-order valence-electron chi connectivity index (χ1n) is 10.1. The van der Waals surface area contributed by atoms with Crippen molar-refractivity contribution in [2.75, 3.05) is 31.3 Å². The van der Waals surface area contributed by atoms with E-state index in [0.29, 0.717) is 12.7 Å². The van der Waals surface area contributed by atoms with Gasteiger partial charge in [0.2, 0.25) is 0 Å². The lowest BCUT2D eigenvalue weighted by Gasteiger charge is -2.32. The Morgan fingerprint density at radius 3 is 2.72 bits per heavy atom. The molecule has 0 aromatic heterocycles. The molecule has 160 valence electrons. The number of amidine groups is 1. The first-order valence-corrected chi connectivity index (χ1v) is 12.7. The van der Waals surface area contributed by atoms with Crippen LogP contribution in [0.15, 0.2) is 38.9 Å². The fraction of sp³-hybridized carbons (Fsp3) is 0.500. The minimum absolute atomic E-state index is 0.121. The number of piperidine rings is 1. The summed E-state index contributed by atoms with van der Waals surface area (Å²) in [6.45, 7) is 10.7. The molecule has 0 spiro atoms. The largest absolute Gasteiger partial charge is 0.339 e. The molecule has 0 bridgehead atoms. The molecule has 1 unspecified atom stereocenters. The van der Waals surface area contributed by atoms with Gasteiger partial charge < -0.3 is 5.32 Å². The standard InChI is InChI=1S/C22H34BrN5S/c1-6-8-19-17(2)9-7-10-21(19)27-22(20(23)15-24-3)26-16-25-18-11-13-28(14-12-18)29(4)5/h7,9-10,15,18,25H,3-4,6,8,11-14,16H2,1-2,5H3,(H,26,27)/b20-15+. The van der Waals surface area contributed by atoms with Gasteiger partial charge in [0.25, 0.3) is 0 Å². The maximum atomic E-state index is 4.78. The van der Waals surface area contributed by atoms with Crippen LogP contribution in [0.25, 0.3) is 0 Å². The van der Waals surface area contributed by atoms with E-state index < -0.39 is 0 Å². The van der Waals surface area contributed by atoms with Gasteiger partial charge in [-0.25, -0.2) is 0 Å². The van der Waals surface area contributed by atoms with Gasteiger partial charge in [0.05, 0.1) is 11.2 Å². The molecule has 0 saturated carbocycles. The van der Waals surface area contributed by atoms with Crippen LogP contribution in [0.5, 0.6) is 0 Å². The fourth-order valence-electron chi connectivity index (χ4n) is 3.47. The maximum Gasteiger partial charge on any atom is 0.142 e. The molecule has 1 atom stereocenters. The monoisotopic (exact) mass is 479 g/mol. The van der Waals surface area contributed by atoms with E-state index >= 15 is 0 Å². The lowest BCUT2D eigenvalue weighted by molar-refractivity contribution is 0.310. The lowest BCUT2D eigenvalue weighted by Crippen LogP contribution is -2.40. The fourth-order valence-corrected chi connectivity index (χ4v) is 4.67. The molecular weight excluding hydrogens is 446 g/mol. The quantitative estimate of drug-likeness (QED) is 0.299. The van der Waals surface area contributed by atoms with Gasteiger partial charge in [0.1, 0.15) is 5.84 Å². The van der Waals surface area contributed by atoms with E-state index in [1.54, 1.807) is 6.20 Å². The molecule has 1 heterocycles. The molecule has 1 aliphatic heterocycles. The van der Waals surface area contributed by atoms with E-state index in [1.165, 1.54) is 11.1 Å². The number of halogens is 1. The van der Waals surface area contributed by atoms with Crippen molar-refractivity contribution in [1.29, 1.82) is 0 Å². The topological polar surface area (TPSA) is 52.0 Å². The van der Waals surface area contributed by atoms with Crippen LogP contribution in [0.1, 0.15) is 37.3 Å². The highest BCUT2D eigenvalue weighted by molar-refractivity contribution is 9.12. The zero-order valence-corrected chi connectivity index (χ0v) is 20.3. The summed E-state index contributed by atoms with van der Waals surface area (Å²) in [5.74, 6) is 4.92. The van der Waals surface area contributed by atoms with Crippen LogP contribution in [0.4, 0.5) is 5.69 Å². The molecule has 1 fully saturated rings. The predicted molar refractivity (Wildman–Crippen MR) is 136 cm³/mol. The Kier molecular flexibility index (Phi) is 10.3. The molecule has 29 heavy (non-hydrogen) atoms. The van der Waals surface area contributed by atoms with Gasteiger partial charge in [-0.1, -0.05) is 31.3 Å². The highest BCUT2D eigenvalue weighted by Gasteiger charge is 2.18. The summed E-state index contributed by atoms with van der Waals surface area (Å²) in [6.07, 6.45) is 8.26. The molecule has 5 nitrogen and oxygen atoms in total. The number of hydrogen-bond donors (Lipinski definition) is 2. The average molecular weight is 481 g/mol. The molecule has 1 aromatic carbocycles. The van der Waals surface area contributed by atoms with Crippen LogP contribution < -0.4 is 10.6 Å². The van der Waals surface area contributed by atoms with Gasteiger partial charge in [-0.15, -0.1) is 10.7 Å². The zero-order valence-electron chi connectivity index (χ0n) is 17.9. The molecule has 0 aliphatic carbocycles. The third-order valence-corrected chi connectivity index (χ3v) is 6.93. The molecule has 2 N–H and O–H groups in total. The number of anilines is 1. The molecule has 2 rings (SSSR count). The van der Waals surface area contributed by atoms with Crippen LogP contribution in [0, 0.1) is 6.92 Å². The molecule has 1 saturated heterocycles. The second kappa shape index (κ2) is 12.4. The number of hydrogen-bond acceptors (Lipinski definition) is 4. The Morgan fingerprint density at radius 2 is 2.10 bits per heavy atom. The molecule has 0 radical (unpaired) electrons. The van der Waals surface area contributed by atoms with Gasteiger partial charge in [-0.05, 0) is 72.3 Å². The van der Waals surface area contributed by atoms with E-state index in [0.717, 1.165) is 54.8 Å². The second-order valence-electron chi connectivity index (χ2n) is 7.31. The Morgan fingerprint density at radius 1 is 1.38 bits per heavy atom. The van der Waals surface area contributed by atoms with Crippen molar-refractivity contribution in [2.45, 2.75) is 45.6 Å². The van der Waals surface area contributed by atoms with Crippen LogP contribution in [-0.2, 0) is 6.42 Å². The van der Waals surface area contributed by atoms with E-state index in [2.05, 4.69) is 86.8 Å². The first-order chi connectivity index (χ1) is 14.0. The summed E-state index contributed by atoms with van der Waals surface area (Å²) in [6, 6.07) is 6.84. The normalized spacial score (nSPS) is 17.9. The van der Waals surface area contributed by atoms with E-state index in [1.807, 2.05) is 0 Å². The molecular formula is C22H34BrN5S. The number of aryl methyl sites for hydroxylation is 1. The molecule has 1 aliphatic rings. The van der Waals surface area contributed by atoms with E-state index in [9.17, 15) is 0 Å². The minimum Gasteiger partial charge on any atom is -0.339 e. The smallest absolute Gasteiger partial charge is 0.142 e. The van der Waals surface area contributed by atoms with Crippen molar-refractivity contribution in [3.63, 3.8) is 0 Å². The summed E-state index contributed by atoms with van der Waals surface area (Å²) in [7, 11) is 0.121. The summed E-state index contributed by atoms with van der Waals surface area (Å²) < 4.78 is 3.25. The summed E-state index contributed by atoms with van der Waals surface area (Å²) in [5.41, 5.74) is 3.72. The third-order valence-electron chi connectivity index (χ3n) is 5.11. The molecule has 1 aromatic rings. The van der Waals surface area contributed by atoms with Crippen molar-refractivity contribution in [3.8, 4) is 0 Å². The van der Waals surface area contributed by atoms with Crippen molar-refractivity contribution in [1.82, 2.24) is 9.62 Å². The number of nitrogens with one attached hydrogen (secondary N) is 2. The van der Waals surface area contributed by atoms with Crippen molar-refractivity contribution in [3.05, 3.63) is 40.0 Å². The molecule has 7 heteroatoms. The second-order valence-corrected chi connectivity index (χ2v) is 9.88. The van der Waals surface area contributed by atoms with Crippen molar-refractivity contribution >= 4 is 50.7 Å². The van der Waals surface area contributed by atoms with Crippen LogP contribution in [0.2, 0.25) is 0 Å². The van der Waals surface area contributed by atoms with Crippen molar-refractivity contribution in [2.24, 2.45) is 9.98 Å². The number of rotatable bonds is 9. The van der Waals surface area contributed by atoms with Crippen molar-refractivity contribution < 1.29 is 0 Å². The Balaban J connectivity index is 2.07. The van der Waals surface area contributed by atoms with E-state index in [4.69, 9.17) is 4.99 Å². The van der Waals surface area contributed by atoms with Gasteiger partial charge in [0.15, 0.2) is 0 Å². The third kappa shape index (κ3) is 7.48. The van der Waals surface area contributed by atoms with Gasteiger partial charge in [-0.3, -0.25) is 19.6 Å². The summed E-state index contributed by atoms with van der Waals surface area (Å²) >= 11 is 3.59. The first kappa shape index (κ1) is 24.0. The predicted octanol–water partition coefficient (Wildman–Crippen LogP) is 4.95. The highest BCUT2D eigenvalue weighted by atomic mass is 79.9. The SMILES string of the molecule is C=N/C=C(Br)\C(=N/CNC1CCN(S(=C)C)CC1)Nc1cccc(C)c1CCC. The number of nitrogens with zero attached hydrogens (tertiary/aromatic N) is 3. The number of benzene rings is 1. The maximum absolute atomic E-state index is 4.78. The Hall–Kier alpha value is -1.28. The van der Waals surface area contributed by atoms with Gasteiger partial charge in [-0.2, -0.15) is 0 Å². The summed E-state index contributed by atoms with van der Waals surface area (Å²) in [4.78, 5) is 8.67. The zero-order chi connectivity index (χ0) is 21.2. The summed E-state index contributed by atoms with van der Waals surface area (Å²) in [5, 5.41) is 7.09. The van der Waals surface area contributed by atoms with Gasteiger partial charge >= 0.3 is 0 Å². The molecule has 0 amide bonds. The average Bonchev–Trinajstić information content (AvgIpc) is 2.70. The highest BCUT2D eigenvalue weighted by Crippen LogP contribution is 2.23. The lowest BCUT2D eigenvalue weighted by atomic mass is 10.0. The Bertz CT molecular complexity index is 766. The van der Waals surface area contributed by atoms with Crippen LogP contribution in [0.3, 0.4) is 0 Å². The van der Waals surface area contributed by atoms with Crippen LogP contribution in [-0.4, -0.2) is 54.8 Å².